The average molecular weight is 309 g/mol. The molecule has 1 aromatic heterocycles. The predicted octanol–water partition coefficient (Wildman–Crippen LogP) is 2.85. The summed E-state index contributed by atoms with van der Waals surface area (Å²) in [5, 5.41) is 15.0. The van der Waals surface area contributed by atoms with Gasteiger partial charge in [-0.1, -0.05) is 56.0 Å². The highest BCUT2D eigenvalue weighted by Crippen LogP contribution is 2.12. The van der Waals surface area contributed by atoms with E-state index in [-0.39, 0.29) is 12.5 Å². The van der Waals surface area contributed by atoms with Crippen LogP contribution < -0.4 is 5.32 Å². The van der Waals surface area contributed by atoms with Gasteiger partial charge in [-0.15, -0.1) is 10.2 Å². The number of nitrogens with one attached hydrogen (secondary N) is 1. The number of allylic oxidation sites excluding steroid dienone is 5. The van der Waals surface area contributed by atoms with Crippen molar-refractivity contribution in [2.45, 2.75) is 19.9 Å². The molecule has 0 spiro atoms. The van der Waals surface area contributed by atoms with Crippen LogP contribution in [0.25, 0.3) is 5.57 Å². The molecular weight excluding hydrogens is 290 g/mol. The van der Waals surface area contributed by atoms with Crippen molar-refractivity contribution >= 4 is 17.2 Å². The highest BCUT2D eigenvalue weighted by atomic mass is 16.2. The first-order valence-corrected chi connectivity index (χ1v) is 7.34. The van der Waals surface area contributed by atoms with Gasteiger partial charge >= 0.3 is 0 Å². The number of carbonyl (C=O) groups is 1. The van der Waals surface area contributed by atoms with E-state index in [1.807, 2.05) is 55.5 Å². The van der Waals surface area contributed by atoms with E-state index < -0.39 is 0 Å². The zero-order valence-electron chi connectivity index (χ0n) is 13.0. The second-order valence-corrected chi connectivity index (χ2v) is 4.72. The van der Waals surface area contributed by atoms with Crippen molar-refractivity contribution in [2.75, 3.05) is 5.32 Å². The molecule has 23 heavy (non-hydrogen) atoms. The van der Waals surface area contributed by atoms with Gasteiger partial charge in [0.05, 0.1) is 0 Å². The lowest BCUT2D eigenvalue weighted by Gasteiger charge is -2.03. The summed E-state index contributed by atoms with van der Waals surface area (Å²) in [6.45, 7) is 5.64. The molecule has 2 aromatic rings. The van der Waals surface area contributed by atoms with Gasteiger partial charge in [-0.25, -0.2) is 0 Å². The fraction of sp³-hybridized carbons (Fsp3) is 0.176. The minimum Gasteiger partial charge on any atom is -0.324 e. The van der Waals surface area contributed by atoms with Crippen LogP contribution in [0.1, 0.15) is 19.2 Å². The van der Waals surface area contributed by atoms with Gasteiger partial charge < -0.3 is 5.32 Å². The number of nitrogens with zero attached hydrogens (tertiary/aromatic N) is 4. The van der Waals surface area contributed by atoms with Crippen molar-refractivity contribution in [2.24, 2.45) is 0 Å². The fourth-order valence-electron chi connectivity index (χ4n) is 1.89. The number of benzene rings is 1. The Kier molecular flexibility index (Phi) is 5.99. The third-order valence-electron chi connectivity index (χ3n) is 3.01. The Labute approximate surface area is 135 Å². The molecule has 2 rings (SSSR count). The number of tetrazole rings is 1. The first kappa shape index (κ1) is 16.4. The summed E-state index contributed by atoms with van der Waals surface area (Å²) in [6, 6.07) is 9.25. The maximum absolute atomic E-state index is 12.0. The molecule has 1 aromatic carbocycles. The van der Waals surface area contributed by atoms with Crippen LogP contribution in [0.3, 0.4) is 0 Å². The fourth-order valence-corrected chi connectivity index (χ4v) is 1.89. The number of anilines is 1. The van der Waals surface area contributed by atoms with Crippen molar-refractivity contribution in [3.05, 3.63) is 67.0 Å². The molecule has 1 amide bonds. The standard InChI is InChI=1S/C17H19N5O/c1-3-5-7-10-14(4-2)17-19-21-22(20-17)13-16(23)18-15-11-8-6-9-12-15/h3,5-12H,1,4,13H2,2H3,(H,18,23)/b7-5-,14-10+. The van der Waals surface area contributed by atoms with Gasteiger partial charge in [-0.3, -0.25) is 4.79 Å². The van der Waals surface area contributed by atoms with Crippen molar-refractivity contribution in [3.8, 4) is 0 Å². The molecule has 0 saturated carbocycles. The lowest BCUT2D eigenvalue weighted by Crippen LogP contribution is -2.20. The van der Waals surface area contributed by atoms with E-state index >= 15 is 0 Å². The molecule has 0 atom stereocenters. The maximum atomic E-state index is 12.0. The summed E-state index contributed by atoms with van der Waals surface area (Å²) in [6.07, 6.45) is 8.07. The van der Waals surface area contributed by atoms with E-state index in [0.717, 1.165) is 17.7 Å². The number of para-hydroxylation sites is 1. The Balaban J connectivity index is 2.01. The van der Waals surface area contributed by atoms with Crippen LogP contribution in [0.5, 0.6) is 0 Å². The van der Waals surface area contributed by atoms with E-state index in [1.165, 1.54) is 4.80 Å². The Morgan fingerprint density at radius 1 is 1.30 bits per heavy atom. The van der Waals surface area contributed by atoms with E-state index in [2.05, 4.69) is 27.3 Å². The molecule has 0 aliphatic carbocycles. The molecule has 0 aliphatic heterocycles. The van der Waals surface area contributed by atoms with Crippen LogP contribution in [-0.2, 0) is 11.3 Å². The molecule has 0 fully saturated rings. The monoisotopic (exact) mass is 309 g/mol. The van der Waals surface area contributed by atoms with Crippen molar-refractivity contribution in [1.29, 1.82) is 0 Å². The Morgan fingerprint density at radius 2 is 2.09 bits per heavy atom. The predicted molar refractivity (Wildman–Crippen MR) is 90.5 cm³/mol. The number of hydrogen-bond acceptors (Lipinski definition) is 4. The largest absolute Gasteiger partial charge is 0.324 e. The van der Waals surface area contributed by atoms with Crippen LogP contribution in [0.4, 0.5) is 5.69 Å². The topological polar surface area (TPSA) is 72.7 Å². The second-order valence-electron chi connectivity index (χ2n) is 4.72. The molecule has 1 N–H and O–H groups in total. The molecule has 118 valence electrons. The summed E-state index contributed by atoms with van der Waals surface area (Å²) >= 11 is 0. The van der Waals surface area contributed by atoms with Crippen molar-refractivity contribution in [3.63, 3.8) is 0 Å². The Morgan fingerprint density at radius 3 is 2.78 bits per heavy atom. The lowest BCUT2D eigenvalue weighted by atomic mass is 10.2. The normalized spacial score (nSPS) is 11.6. The molecule has 0 bridgehead atoms. The van der Waals surface area contributed by atoms with Crippen LogP contribution in [-0.4, -0.2) is 26.1 Å². The maximum Gasteiger partial charge on any atom is 0.248 e. The summed E-state index contributed by atoms with van der Waals surface area (Å²) < 4.78 is 0. The van der Waals surface area contributed by atoms with Crippen molar-refractivity contribution in [1.82, 2.24) is 20.2 Å². The summed E-state index contributed by atoms with van der Waals surface area (Å²) in [4.78, 5) is 13.3. The van der Waals surface area contributed by atoms with Gasteiger partial charge in [0.25, 0.3) is 0 Å². The van der Waals surface area contributed by atoms with E-state index in [9.17, 15) is 4.79 Å². The van der Waals surface area contributed by atoms with Gasteiger partial charge in [0.2, 0.25) is 11.7 Å². The minimum absolute atomic E-state index is 0.0153. The number of carbonyl (C=O) groups excluding carboxylic acids is 1. The smallest absolute Gasteiger partial charge is 0.248 e. The zero-order valence-corrected chi connectivity index (χ0v) is 13.0. The van der Waals surface area contributed by atoms with Crippen LogP contribution >= 0.6 is 0 Å². The van der Waals surface area contributed by atoms with Crippen molar-refractivity contribution < 1.29 is 4.79 Å². The van der Waals surface area contributed by atoms with Gasteiger partial charge in [0, 0.05) is 11.3 Å². The zero-order chi connectivity index (χ0) is 16.5. The highest BCUT2D eigenvalue weighted by molar-refractivity contribution is 5.90. The number of aromatic nitrogens is 4. The second kappa shape index (κ2) is 8.43. The number of amides is 1. The molecule has 6 heteroatoms. The van der Waals surface area contributed by atoms with E-state index in [1.54, 1.807) is 6.08 Å². The molecule has 0 saturated heterocycles. The summed E-state index contributed by atoms with van der Waals surface area (Å²) in [7, 11) is 0. The average Bonchev–Trinajstić information content (AvgIpc) is 3.00. The number of rotatable bonds is 7. The van der Waals surface area contributed by atoms with E-state index in [4.69, 9.17) is 0 Å². The summed E-state index contributed by atoms with van der Waals surface area (Å²) in [5.74, 6) is 0.322. The van der Waals surface area contributed by atoms with Crippen LogP contribution in [0.2, 0.25) is 0 Å². The first-order valence-electron chi connectivity index (χ1n) is 7.34. The SMILES string of the molecule is C=C/C=C\C=C(/CC)c1nnn(CC(=O)Nc2ccccc2)n1. The molecule has 0 radical (unpaired) electrons. The number of hydrogen-bond donors (Lipinski definition) is 1. The molecule has 6 nitrogen and oxygen atoms in total. The quantitative estimate of drug-likeness (QED) is 0.798. The van der Waals surface area contributed by atoms with E-state index in [0.29, 0.717) is 5.82 Å². The molecular formula is C17H19N5O. The van der Waals surface area contributed by atoms with Gasteiger partial charge in [0.1, 0.15) is 6.54 Å². The van der Waals surface area contributed by atoms with Gasteiger partial charge in [-0.05, 0) is 23.8 Å². The molecule has 0 aliphatic rings. The third-order valence-corrected chi connectivity index (χ3v) is 3.01. The van der Waals surface area contributed by atoms with Gasteiger partial charge in [0.15, 0.2) is 0 Å². The third kappa shape index (κ3) is 5.03. The lowest BCUT2D eigenvalue weighted by molar-refractivity contribution is -0.117. The Bertz CT molecular complexity index is 716. The first-order chi connectivity index (χ1) is 11.2. The molecule has 0 unspecified atom stereocenters. The summed E-state index contributed by atoms with van der Waals surface area (Å²) in [5.41, 5.74) is 1.68. The molecule has 1 heterocycles. The van der Waals surface area contributed by atoms with Crippen LogP contribution in [0.15, 0.2) is 61.2 Å². The van der Waals surface area contributed by atoms with Gasteiger partial charge in [-0.2, -0.15) is 4.80 Å². The Hall–Kier alpha value is -3.02. The minimum atomic E-state index is -0.200. The van der Waals surface area contributed by atoms with Crippen LogP contribution in [0, 0.1) is 0 Å². The highest BCUT2D eigenvalue weighted by Gasteiger charge is 2.10.